The molecule has 28 heavy (non-hydrogen) atoms. The summed E-state index contributed by atoms with van der Waals surface area (Å²) in [4.78, 5) is 23.4. The van der Waals surface area contributed by atoms with Crippen LogP contribution in [0.3, 0.4) is 0 Å². The van der Waals surface area contributed by atoms with Gasteiger partial charge in [0.1, 0.15) is 0 Å². The Bertz CT molecular complexity index is 655. The number of urea groups is 1. The van der Waals surface area contributed by atoms with E-state index in [4.69, 9.17) is 5.73 Å². The fourth-order valence-electron chi connectivity index (χ4n) is 3.52. The standard InChI is InChI=1S/C17H30N8O2S/c18-5-6-19-9-12-10-25(24-23-12)8-7-20-15(26)4-2-1-3-14-16-13(11-28-14)21-17(27)22-16/h10,13-14,16,19H,1-9,11,18H2,(H,20,26)(H2,21,22,27)/t13-,14-,16-/m0/s1. The average molecular weight is 411 g/mol. The third kappa shape index (κ3) is 6.08. The van der Waals surface area contributed by atoms with E-state index in [1.54, 1.807) is 4.68 Å². The molecule has 3 atom stereocenters. The summed E-state index contributed by atoms with van der Waals surface area (Å²) in [5.41, 5.74) is 6.29. The fourth-order valence-corrected chi connectivity index (χ4v) is 5.06. The van der Waals surface area contributed by atoms with Crippen molar-refractivity contribution in [1.82, 2.24) is 36.3 Å². The second kappa shape index (κ2) is 10.6. The van der Waals surface area contributed by atoms with Crippen LogP contribution in [0.2, 0.25) is 0 Å². The van der Waals surface area contributed by atoms with E-state index in [0.717, 1.165) is 37.3 Å². The summed E-state index contributed by atoms with van der Waals surface area (Å²) in [5.74, 6) is 1.04. The average Bonchev–Trinajstić information content (AvgIpc) is 3.36. The Kier molecular flexibility index (Phi) is 7.92. The van der Waals surface area contributed by atoms with Crippen LogP contribution < -0.4 is 27.0 Å². The van der Waals surface area contributed by atoms with Crippen molar-refractivity contribution in [3.8, 4) is 0 Å². The summed E-state index contributed by atoms with van der Waals surface area (Å²) in [6, 6.07) is 0.454. The van der Waals surface area contributed by atoms with Crippen molar-refractivity contribution in [2.45, 2.75) is 56.1 Å². The molecule has 0 spiro atoms. The Morgan fingerprint density at radius 2 is 2.25 bits per heavy atom. The van der Waals surface area contributed by atoms with Crippen molar-refractivity contribution in [1.29, 1.82) is 0 Å². The van der Waals surface area contributed by atoms with E-state index < -0.39 is 0 Å². The van der Waals surface area contributed by atoms with Crippen molar-refractivity contribution in [2.24, 2.45) is 5.73 Å². The number of hydrogen-bond acceptors (Lipinski definition) is 7. The monoisotopic (exact) mass is 410 g/mol. The summed E-state index contributed by atoms with van der Waals surface area (Å²) in [5, 5.41) is 20.6. The van der Waals surface area contributed by atoms with Crippen LogP contribution in [-0.4, -0.2) is 69.7 Å². The maximum atomic E-state index is 12.0. The van der Waals surface area contributed by atoms with Crippen molar-refractivity contribution in [2.75, 3.05) is 25.4 Å². The van der Waals surface area contributed by atoms with Crippen molar-refractivity contribution < 1.29 is 9.59 Å². The summed E-state index contributed by atoms with van der Waals surface area (Å²) in [7, 11) is 0. The van der Waals surface area contributed by atoms with E-state index in [2.05, 4.69) is 31.6 Å². The summed E-state index contributed by atoms with van der Waals surface area (Å²) >= 11 is 1.91. The van der Waals surface area contributed by atoms with Gasteiger partial charge in [-0.15, -0.1) is 5.10 Å². The van der Waals surface area contributed by atoms with Gasteiger partial charge in [-0.3, -0.25) is 9.48 Å². The highest BCUT2D eigenvalue weighted by Gasteiger charge is 2.42. The summed E-state index contributed by atoms with van der Waals surface area (Å²) < 4.78 is 1.73. The zero-order chi connectivity index (χ0) is 19.8. The number of carbonyl (C=O) groups excluding carboxylic acids is 2. The van der Waals surface area contributed by atoms with Gasteiger partial charge in [-0.25, -0.2) is 4.79 Å². The Balaban J connectivity index is 1.23. The Morgan fingerprint density at radius 1 is 1.36 bits per heavy atom. The molecule has 2 saturated heterocycles. The molecule has 6 N–H and O–H groups in total. The van der Waals surface area contributed by atoms with E-state index in [1.807, 2.05) is 18.0 Å². The SMILES string of the molecule is NCCNCc1cn(CCNC(=O)CCCC[C@@H]2SC[C@@H]3NC(=O)N[C@@H]32)nn1. The maximum absolute atomic E-state index is 12.0. The van der Waals surface area contributed by atoms with E-state index >= 15 is 0 Å². The minimum Gasteiger partial charge on any atom is -0.354 e. The number of fused-ring (bicyclic) bond motifs is 1. The highest BCUT2D eigenvalue weighted by atomic mass is 32.2. The molecule has 10 nitrogen and oxygen atoms in total. The number of carbonyl (C=O) groups is 2. The lowest BCUT2D eigenvalue weighted by Gasteiger charge is -2.16. The third-order valence-electron chi connectivity index (χ3n) is 4.96. The lowest BCUT2D eigenvalue weighted by atomic mass is 10.0. The number of rotatable bonds is 12. The second-order valence-corrected chi connectivity index (χ2v) is 8.43. The first-order chi connectivity index (χ1) is 13.7. The fraction of sp³-hybridized carbons (Fsp3) is 0.765. The van der Waals surface area contributed by atoms with Gasteiger partial charge >= 0.3 is 6.03 Å². The number of aromatic nitrogens is 3. The number of unbranched alkanes of at least 4 members (excludes halogenated alkanes) is 1. The van der Waals surface area contributed by atoms with Crippen LogP contribution in [0.5, 0.6) is 0 Å². The molecule has 156 valence electrons. The first-order valence-electron chi connectivity index (χ1n) is 9.91. The minimum absolute atomic E-state index is 0.0500. The molecule has 11 heteroatoms. The van der Waals surface area contributed by atoms with E-state index in [1.165, 1.54) is 0 Å². The molecular weight excluding hydrogens is 380 g/mol. The van der Waals surface area contributed by atoms with Crippen LogP contribution in [-0.2, 0) is 17.9 Å². The molecule has 2 aliphatic rings. The third-order valence-corrected chi connectivity index (χ3v) is 6.47. The highest BCUT2D eigenvalue weighted by molar-refractivity contribution is 8.00. The molecule has 1 aromatic heterocycles. The normalized spacial score (nSPS) is 23.3. The molecule has 0 saturated carbocycles. The van der Waals surface area contributed by atoms with Crippen molar-refractivity contribution >= 4 is 23.7 Å². The molecule has 0 bridgehead atoms. The lowest BCUT2D eigenvalue weighted by Crippen LogP contribution is -2.36. The van der Waals surface area contributed by atoms with Crippen molar-refractivity contribution in [3.05, 3.63) is 11.9 Å². The lowest BCUT2D eigenvalue weighted by molar-refractivity contribution is -0.121. The predicted molar refractivity (Wildman–Crippen MR) is 108 cm³/mol. The Labute approximate surface area is 169 Å². The minimum atomic E-state index is -0.0500. The second-order valence-electron chi connectivity index (χ2n) is 7.16. The number of nitrogens with one attached hydrogen (secondary N) is 4. The van der Waals surface area contributed by atoms with Crippen molar-refractivity contribution in [3.63, 3.8) is 0 Å². The molecule has 3 rings (SSSR count). The molecule has 2 fully saturated rings. The molecule has 0 aliphatic carbocycles. The van der Waals surface area contributed by atoms with E-state index in [-0.39, 0.29) is 24.0 Å². The smallest absolute Gasteiger partial charge is 0.315 e. The molecule has 0 radical (unpaired) electrons. The van der Waals surface area contributed by atoms with Crippen LogP contribution >= 0.6 is 11.8 Å². The van der Waals surface area contributed by atoms with Gasteiger partial charge in [0.05, 0.1) is 24.3 Å². The quantitative estimate of drug-likeness (QED) is 0.224. The number of nitrogens with two attached hydrogens (primary N) is 1. The number of hydrogen-bond donors (Lipinski definition) is 5. The first kappa shape index (κ1) is 20.9. The molecular formula is C17H30N8O2S. The van der Waals surface area contributed by atoms with Gasteiger partial charge in [0.15, 0.2) is 0 Å². The van der Waals surface area contributed by atoms with Crippen LogP contribution in [0.1, 0.15) is 31.4 Å². The van der Waals surface area contributed by atoms with Gasteiger partial charge in [-0.1, -0.05) is 11.6 Å². The molecule has 3 heterocycles. The molecule has 2 aliphatic heterocycles. The topological polar surface area (TPSA) is 139 Å². The summed E-state index contributed by atoms with van der Waals surface area (Å²) in [6.07, 6.45) is 5.29. The zero-order valence-electron chi connectivity index (χ0n) is 16.0. The summed E-state index contributed by atoms with van der Waals surface area (Å²) in [6.45, 7) is 3.12. The van der Waals surface area contributed by atoms with Crippen LogP contribution in [0, 0.1) is 0 Å². The molecule has 3 amide bonds. The Hall–Kier alpha value is -1.85. The number of amides is 3. The maximum Gasteiger partial charge on any atom is 0.315 e. The Morgan fingerprint density at radius 3 is 3.11 bits per heavy atom. The van der Waals surface area contributed by atoms with Gasteiger partial charge in [0.2, 0.25) is 5.91 Å². The van der Waals surface area contributed by atoms with E-state index in [0.29, 0.717) is 37.8 Å². The number of nitrogens with zero attached hydrogens (tertiary/aromatic N) is 3. The molecule has 1 aromatic rings. The van der Waals surface area contributed by atoms with Gasteiger partial charge in [-0.2, -0.15) is 11.8 Å². The number of thioether (sulfide) groups is 1. The largest absolute Gasteiger partial charge is 0.354 e. The van der Waals surface area contributed by atoms with Crippen LogP contribution in [0.25, 0.3) is 0 Å². The van der Waals surface area contributed by atoms with Gasteiger partial charge in [-0.05, 0) is 12.8 Å². The molecule has 0 aromatic carbocycles. The van der Waals surface area contributed by atoms with Gasteiger partial charge < -0.3 is 27.0 Å². The first-order valence-corrected chi connectivity index (χ1v) is 11.0. The van der Waals surface area contributed by atoms with Crippen LogP contribution in [0.4, 0.5) is 4.79 Å². The highest BCUT2D eigenvalue weighted by Crippen LogP contribution is 2.33. The zero-order valence-corrected chi connectivity index (χ0v) is 16.8. The van der Waals surface area contributed by atoms with Gasteiger partial charge in [0.25, 0.3) is 0 Å². The van der Waals surface area contributed by atoms with E-state index in [9.17, 15) is 9.59 Å². The van der Waals surface area contributed by atoms with Gasteiger partial charge in [0, 0.05) is 49.8 Å². The van der Waals surface area contributed by atoms with Crippen LogP contribution in [0.15, 0.2) is 6.20 Å². The molecule has 0 unspecified atom stereocenters. The predicted octanol–water partition coefficient (Wildman–Crippen LogP) is -0.832.